The number of alkyl halides is 1. The lowest BCUT2D eigenvalue weighted by molar-refractivity contribution is 0.0544. The number of rotatable bonds is 6. The number of hydrogen-bond acceptors (Lipinski definition) is 2. The normalized spacial score (nSPS) is 12.2. The maximum absolute atomic E-state index is 13.6. The van der Waals surface area contributed by atoms with E-state index in [2.05, 4.69) is 22.6 Å². The number of ether oxygens (including phenoxy) is 2. The van der Waals surface area contributed by atoms with E-state index in [1.54, 1.807) is 19.2 Å². The van der Waals surface area contributed by atoms with Gasteiger partial charge in [0.1, 0.15) is 11.6 Å². The molecule has 2 rings (SSSR count). The Morgan fingerprint density at radius 3 is 2.50 bits per heavy atom. The molecule has 2 aromatic carbocycles. The smallest absolute Gasteiger partial charge is 0.128 e. The third kappa shape index (κ3) is 3.70. The van der Waals surface area contributed by atoms with Gasteiger partial charge in [-0.1, -0.05) is 59.0 Å². The molecule has 0 radical (unpaired) electrons. The standard InChI is InChI=1S/C16H16FIO2/c1-19-15-9-5-3-7-13(15)16(10-18)20-11-12-6-2-4-8-14(12)17/h2-9,16H,10-11H2,1H3. The minimum Gasteiger partial charge on any atom is -0.496 e. The molecule has 1 atom stereocenters. The van der Waals surface area contributed by atoms with Crippen LogP contribution in [0.15, 0.2) is 48.5 Å². The molecule has 2 nitrogen and oxygen atoms in total. The number of halogens is 2. The lowest BCUT2D eigenvalue weighted by atomic mass is 10.1. The van der Waals surface area contributed by atoms with Crippen molar-refractivity contribution in [1.82, 2.24) is 0 Å². The van der Waals surface area contributed by atoms with Gasteiger partial charge < -0.3 is 9.47 Å². The Morgan fingerprint density at radius 2 is 1.80 bits per heavy atom. The van der Waals surface area contributed by atoms with Gasteiger partial charge in [0.05, 0.1) is 19.8 Å². The summed E-state index contributed by atoms with van der Waals surface area (Å²) in [6.07, 6.45) is -0.119. The van der Waals surface area contributed by atoms with E-state index in [-0.39, 0.29) is 18.5 Å². The van der Waals surface area contributed by atoms with Crippen LogP contribution in [0, 0.1) is 5.82 Å². The van der Waals surface area contributed by atoms with Crippen LogP contribution in [0.5, 0.6) is 5.75 Å². The molecule has 0 saturated carbocycles. The van der Waals surface area contributed by atoms with Crippen molar-refractivity contribution in [3.8, 4) is 5.75 Å². The number of para-hydroxylation sites is 1. The molecule has 0 amide bonds. The highest BCUT2D eigenvalue weighted by molar-refractivity contribution is 14.1. The van der Waals surface area contributed by atoms with E-state index in [9.17, 15) is 4.39 Å². The van der Waals surface area contributed by atoms with Crippen molar-refractivity contribution in [2.24, 2.45) is 0 Å². The number of benzene rings is 2. The van der Waals surface area contributed by atoms with Crippen molar-refractivity contribution in [3.05, 3.63) is 65.5 Å². The van der Waals surface area contributed by atoms with E-state index in [1.807, 2.05) is 30.3 Å². The molecule has 0 aliphatic rings. The van der Waals surface area contributed by atoms with Crippen LogP contribution in [0.3, 0.4) is 0 Å². The summed E-state index contributed by atoms with van der Waals surface area (Å²) < 4.78 is 25.6. The molecule has 1 unspecified atom stereocenters. The molecule has 0 spiro atoms. The van der Waals surface area contributed by atoms with Gasteiger partial charge in [-0.3, -0.25) is 0 Å². The average molecular weight is 386 g/mol. The molecule has 106 valence electrons. The fourth-order valence-corrected chi connectivity index (χ4v) is 2.68. The zero-order chi connectivity index (χ0) is 14.4. The molecule has 0 heterocycles. The fraction of sp³-hybridized carbons (Fsp3) is 0.250. The van der Waals surface area contributed by atoms with Gasteiger partial charge in [0.15, 0.2) is 0 Å². The zero-order valence-electron chi connectivity index (χ0n) is 11.2. The summed E-state index contributed by atoms with van der Waals surface area (Å²) in [6, 6.07) is 14.4. The molecule has 0 N–H and O–H groups in total. The average Bonchev–Trinajstić information content (AvgIpc) is 2.50. The summed E-state index contributed by atoms with van der Waals surface area (Å²) in [5.41, 5.74) is 1.55. The van der Waals surface area contributed by atoms with Crippen LogP contribution in [0.25, 0.3) is 0 Å². The zero-order valence-corrected chi connectivity index (χ0v) is 13.3. The SMILES string of the molecule is COc1ccccc1C(CI)OCc1ccccc1F. The molecule has 0 aromatic heterocycles. The first-order valence-electron chi connectivity index (χ1n) is 6.30. The highest BCUT2D eigenvalue weighted by Crippen LogP contribution is 2.29. The first-order valence-corrected chi connectivity index (χ1v) is 7.82. The summed E-state index contributed by atoms with van der Waals surface area (Å²) >= 11 is 2.26. The molecular formula is C16H16FIO2. The summed E-state index contributed by atoms with van der Waals surface area (Å²) in [5, 5.41) is 0. The van der Waals surface area contributed by atoms with E-state index in [1.165, 1.54) is 6.07 Å². The molecule has 0 aliphatic heterocycles. The van der Waals surface area contributed by atoms with Gasteiger partial charge in [-0.25, -0.2) is 4.39 Å². The highest BCUT2D eigenvalue weighted by atomic mass is 127. The third-order valence-corrected chi connectivity index (χ3v) is 3.82. The van der Waals surface area contributed by atoms with Crippen LogP contribution in [0.4, 0.5) is 4.39 Å². The fourth-order valence-electron chi connectivity index (χ4n) is 1.96. The van der Waals surface area contributed by atoms with Gasteiger partial charge in [-0.2, -0.15) is 0 Å². The monoisotopic (exact) mass is 386 g/mol. The van der Waals surface area contributed by atoms with E-state index in [4.69, 9.17) is 9.47 Å². The highest BCUT2D eigenvalue weighted by Gasteiger charge is 2.16. The second-order valence-electron chi connectivity index (χ2n) is 4.29. The molecule has 0 bridgehead atoms. The first kappa shape index (κ1) is 15.3. The number of hydrogen-bond donors (Lipinski definition) is 0. The molecule has 4 heteroatoms. The third-order valence-electron chi connectivity index (χ3n) is 3.02. The minimum atomic E-state index is -0.236. The molecule has 20 heavy (non-hydrogen) atoms. The van der Waals surface area contributed by atoms with Crippen molar-refractivity contribution < 1.29 is 13.9 Å². The van der Waals surface area contributed by atoms with Gasteiger partial charge in [0.25, 0.3) is 0 Å². The van der Waals surface area contributed by atoms with Gasteiger partial charge in [-0.15, -0.1) is 0 Å². The van der Waals surface area contributed by atoms with Gasteiger partial charge in [-0.05, 0) is 12.1 Å². The van der Waals surface area contributed by atoms with Gasteiger partial charge >= 0.3 is 0 Å². The van der Waals surface area contributed by atoms with E-state index >= 15 is 0 Å². The predicted octanol–water partition coefficient (Wildman–Crippen LogP) is 4.53. The van der Waals surface area contributed by atoms with Crippen LogP contribution >= 0.6 is 22.6 Å². The second kappa shape index (κ2) is 7.59. The lowest BCUT2D eigenvalue weighted by Gasteiger charge is -2.18. The topological polar surface area (TPSA) is 18.5 Å². The van der Waals surface area contributed by atoms with Crippen LogP contribution in [0.2, 0.25) is 0 Å². The Labute approximate surface area is 132 Å². The van der Waals surface area contributed by atoms with Crippen molar-refractivity contribution in [1.29, 1.82) is 0 Å². The van der Waals surface area contributed by atoms with Gasteiger partial charge in [0, 0.05) is 15.6 Å². The molecule has 2 aromatic rings. The second-order valence-corrected chi connectivity index (χ2v) is 5.17. The first-order chi connectivity index (χ1) is 9.76. The summed E-state index contributed by atoms with van der Waals surface area (Å²) in [7, 11) is 1.64. The summed E-state index contributed by atoms with van der Waals surface area (Å²) in [4.78, 5) is 0. The van der Waals surface area contributed by atoms with Crippen LogP contribution in [-0.4, -0.2) is 11.5 Å². The van der Waals surface area contributed by atoms with Crippen molar-refractivity contribution in [2.45, 2.75) is 12.7 Å². The molecule has 0 aliphatic carbocycles. The Hall–Kier alpha value is -1.14. The largest absolute Gasteiger partial charge is 0.496 e. The Balaban J connectivity index is 2.11. The van der Waals surface area contributed by atoms with Gasteiger partial charge in [0.2, 0.25) is 0 Å². The molecule has 0 fully saturated rings. The minimum absolute atomic E-state index is 0.119. The van der Waals surface area contributed by atoms with Crippen molar-refractivity contribution in [3.63, 3.8) is 0 Å². The van der Waals surface area contributed by atoms with Crippen LogP contribution in [-0.2, 0) is 11.3 Å². The Morgan fingerprint density at radius 1 is 1.10 bits per heavy atom. The Bertz CT molecular complexity index is 560. The quantitative estimate of drug-likeness (QED) is 0.537. The van der Waals surface area contributed by atoms with Crippen LogP contribution in [0.1, 0.15) is 17.2 Å². The van der Waals surface area contributed by atoms with E-state index in [0.29, 0.717) is 5.56 Å². The Kier molecular flexibility index (Phi) is 5.79. The van der Waals surface area contributed by atoms with Crippen molar-refractivity contribution in [2.75, 3.05) is 11.5 Å². The molecule has 0 saturated heterocycles. The predicted molar refractivity (Wildman–Crippen MR) is 85.8 cm³/mol. The maximum atomic E-state index is 13.6. The molecular weight excluding hydrogens is 370 g/mol. The van der Waals surface area contributed by atoms with Crippen molar-refractivity contribution >= 4 is 22.6 Å². The maximum Gasteiger partial charge on any atom is 0.128 e. The van der Waals surface area contributed by atoms with Crippen LogP contribution < -0.4 is 4.74 Å². The summed E-state index contributed by atoms with van der Waals surface area (Å²) in [5.74, 6) is 0.558. The van der Waals surface area contributed by atoms with E-state index < -0.39 is 0 Å². The lowest BCUT2D eigenvalue weighted by Crippen LogP contribution is -2.08. The van der Waals surface area contributed by atoms with E-state index in [0.717, 1.165) is 15.7 Å². The summed E-state index contributed by atoms with van der Waals surface area (Å²) in [6.45, 7) is 0.248. The number of methoxy groups -OCH3 is 1.